The topological polar surface area (TPSA) is 81.4 Å². The number of rotatable bonds is 6. The maximum Gasteiger partial charge on any atom is 0.326 e. The van der Waals surface area contributed by atoms with Crippen LogP contribution in [0, 0.1) is 5.92 Å². The predicted molar refractivity (Wildman–Crippen MR) is 72.3 cm³/mol. The van der Waals surface area contributed by atoms with E-state index in [1.54, 1.807) is 18.8 Å². The molecule has 1 aliphatic rings. The SMILES string of the molecule is CNC(=O)CSCCC1CCCC1(N)C(=O)OC. The Bertz CT molecular complexity index is 312. The van der Waals surface area contributed by atoms with Crippen LogP contribution in [-0.4, -0.2) is 43.1 Å². The maximum absolute atomic E-state index is 11.7. The monoisotopic (exact) mass is 274 g/mol. The van der Waals surface area contributed by atoms with E-state index in [0.717, 1.165) is 25.0 Å². The average molecular weight is 274 g/mol. The molecule has 1 amide bonds. The van der Waals surface area contributed by atoms with Crippen LogP contribution in [0.3, 0.4) is 0 Å². The Morgan fingerprint density at radius 3 is 2.89 bits per heavy atom. The number of nitrogens with one attached hydrogen (secondary N) is 1. The smallest absolute Gasteiger partial charge is 0.326 e. The summed E-state index contributed by atoms with van der Waals surface area (Å²) in [6.45, 7) is 0. The van der Waals surface area contributed by atoms with Crippen molar-refractivity contribution in [1.82, 2.24) is 5.32 Å². The third-order valence-corrected chi connectivity index (χ3v) is 4.55. The van der Waals surface area contributed by atoms with Crippen molar-refractivity contribution in [3.8, 4) is 0 Å². The minimum Gasteiger partial charge on any atom is -0.468 e. The number of thioether (sulfide) groups is 1. The first-order valence-corrected chi connectivity index (χ1v) is 7.35. The molecule has 104 valence electrons. The normalized spacial score (nSPS) is 26.9. The molecule has 0 aliphatic heterocycles. The van der Waals surface area contributed by atoms with E-state index in [0.29, 0.717) is 12.2 Å². The Kier molecular flexibility index (Phi) is 5.95. The summed E-state index contributed by atoms with van der Waals surface area (Å²) in [4.78, 5) is 22.8. The first kappa shape index (κ1) is 15.3. The fourth-order valence-electron chi connectivity index (χ4n) is 2.43. The van der Waals surface area contributed by atoms with E-state index in [4.69, 9.17) is 10.5 Å². The number of carbonyl (C=O) groups is 2. The fourth-order valence-corrected chi connectivity index (χ4v) is 3.35. The summed E-state index contributed by atoms with van der Waals surface area (Å²) in [7, 11) is 3.01. The fraction of sp³-hybridized carbons (Fsp3) is 0.833. The molecule has 3 N–H and O–H groups in total. The second-order valence-electron chi connectivity index (χ2n) is 4.64. The van der Waals surface area contributed by atoms with Crippen molar-refractivity contribution in [2.24, 2.45) is 11.7 Å². The van der Waals surface area contributed by atoms with Gasteiger partial charge in [-0.2, -0.15) is 11.8 Å². The molecule has 0 aromatic heterocycles. The van der Waals surface area contributed by atoms with Gasteiger partial charge in [-0.05, 0) is 30.9 Å². The molecule has 0 spiro atoms. The Balaban J connectivity index is 2.37. The van der Waals surface area contributed by atoms with E-state index in [-0.39, 0.29) is 17.8 Å². The number of hydrogen-bond acceptors (Lipinski definition) is 5. The molecule has 1 aliphatic carbocycles. The van der Waals surface area contributed by atoms with Crippen LogP contribution in [0.15, 0.2) is 0 Å². The van der Waals surface area contributed by atoms with Gasteiger partial charge in [0.05, 0.1) is 12.9 Å². The van der Waals surface area contributed by atoms with Crippen LogP contribution >= 0.6 is 11.8 Å². The molecular formula is C12H22N2O3S. The molecule has 1 rings (SSSR count). The molecule has 0 aromatic rings. The summed E-state index contributed by atoms with van der Waals surface area (Å²) in [6, 6.07) is 0. The molecule has 0 bridgehead atoms. The summed E-state index contributed by atoms with van der Waals surface area (Å²) in [5, 5.41) is 2.58. The van der Waals surface area contributed by atoms with Crippen molar-refractivity contribution >= 4 is 23.6 Å². The van der Waals surface area contributed by atoms with Crippen molar-refractivity contribution in [3.63, 3.8) is 0 Å². The lowest BCUT2D eigenvalue weighted by Crippen LogP contribution is -2.51. The molecule has 1 saturated carbocycles. The number of nitrogens with two attached hydrogens (primary N) is 1. The molecular weight excluding hydrogens is 252 g/mol. The zero-order chi connectivity index (χ0) is 13.6. The van der Waals surface area contributed by atoms with E-state index >= 15 is 0 Å². The molecule has 2 atom stereocenters. The predicted octanol–water partition coefficient (Wildman–Crippen LogP) is 0.526. The van der Waals surface area contributed by atoms with E-state index in [2.05, 4.69) is 5.32 Å². The molecule has 0 heterocycles. The summed E-state index contributed by atoms with van der Waals surface area (Å²) in [6.07, 6.45) is 3.49. The molecule has 2 unspecified atom stereocenters. The third-order valence-electron chi connectivity index (χ3n) is 3.56. The van der Waals surface area contributed by atoms with Crippen LogP contribution in [0.1, 0.15) is 25.7 Å². The summed E-state index contributed by atoms with van der Waals surface area (Å²) in [5.74, 6) is 1.19. The van der Waals surface area contributed by atoms with Gasteiger partial charge >= 0.3 is 5.97 Å². The van der Waals surface area contributed by atoms with Crippen LogP contribution in [0.5, 0.6) is 0 Å². The highest BCUT2D eigenvalue weighted by Gasteiger charge is 2.46. The van der Waals surface area contributed by atoms with Crippen LogP contribution in [0.25, 0.3) is 0 Å². The Hall–Kier alpha value is -0.750. The first-order valence-electron chi connectivity index (χ1n) is 6.20. The van der Waals surface area contributed by atoms with Gasteiger partial charge in [0.25, 0.3) is 0 Å². The second kappa shape index (κ2) is 6.99. The molecule has 0 saturated heterocycles. The Labute approximate surface area is 112 Å². The minimum absolute atomic E-state index is 0.0263. The van der Waals surface area contributed by atoms with E-state index < -0.39 is 5.54 Å². The minimum atomic E-state index is -0.817. The van der Waals surface area contributed by atoms with E-state index in [1.807, 2.05) is 0 Å². The van der Waals surface area contributed by atoms with Gasteiger partial charge in [-0.15, -0.1) is 0 Å². The molecule has 1 fully saturated rings. The van der Waals surface area contributed by atoms with Crippen LogP contribution in [0.4, 0.5) is 0 Å². The summed E-state index contributed by atoms with van der Waals surface area (Å²) >= 11 is 1.57. The molecule has 6 heteroatoms. The van der Waals surface area contributed by atoms with Gasteiger partial charge in [0, 0.05) is 7.05 Å². The lowest BCUT2D eigenvalue weighted by atomic mass is 9.86. The van der Waals surface area contributed by atoms with Gasteiger partial charge < -0.3 is 15.8 Å². The second-order valence-corrected chi connectivity index (χ2v) is 5.74. The van der Waals surface area contributed by atoms with Gasteiger partial charge in [-0.25, -0.2) is 0 Å². The maximum atomic E-state index is 11.7. The van der Waals surface area contributed by atoms with E-state index in [9.17, 15) is 9.59 Å². The van der Waals surface area contributed by atoms with Crippen LogP contribution in [-0.2, 0) is 14.3 Å². The Morgan fingerprint density at radius 2 is 2.28 bits per heavy atom. The molecule has 0 aromatic carbocycles. The zero-order valence-electron chi connectivity index (χ0n) is 11.0. The average Bonchev–Trinajstić information content (AvgIpc) is 2.76. The highest BCUT2D eigenvalue weighted by Crippen LogP contribution is 2.37. The lowest BCUT2D eigenvalue weighted by Gasteiger charge is -2.28. The first-order chi connectivity index (χ1) is 8.54. The molecule has 18 heavy (non-hydrogen) atoms. The van der Waals surface area contributed by atoms with Crippen molar-refractivity contribution in [1.29, 1.82) is 0 Å². The number of methoxy groups -OCH3 is 1. The lowest BCUT2D eigenvalue weighted by molar-refractivity contribution is -0.148. The van der Waals surface area contributed by atoms with Gasteiger partial charge in [0.1, 0.15) is 5.54 Å². The number of carbonyl (C=O) groups excluding carboxylic acids is 2. The number of esters is 1. The standard InChI is InChI=1S/C12H22N2O3S/c1-14-10(15)8-18-7-5-9-4-3-6-12(9,13)11(16)17-2/h9H,3-8,13H2,1-2H3,(H,14,15). The highest BCUT2D eigenvalue weighted by molar-refractivity contribution is 7.99. The van der Waals surface area contributed by atoms with Crippen LogP contribution < -0.4 is 11.1 Å². The number of ether oxygens (including phenoxy) is 1. The van der Waals surface area contributed by atoms with Crippen LogP contribution in [0.2, 0.25) is 0 Å². The van der Waals surface area contributed by atoms with Crippen molar-refractivity contribution in [3.05, 3.63) is 0 Å². The van der Waals surface area contributed by atoms with Crippen molar-refractivity contribution in [2.45, 2.75) is 31.2 Å². The summed E-state index contributed by atoms with van der Waals surface area (Å²) < 4.78 is 4.79. The third kappa shape index (κ3) is 3.62. The largest absolute Gasteiger partial charge is 0.468 e. The molecule has 5 nitrogen and oxygen atoms in total. The van der Waals surface area contributed by atoms with Gasteiger partial charge in [0.15, 0.2) is 0 Å². The quantitative estimate of drug-likeness (QED) is 0.545. The number of amides is 1. The molecule has 0 radical (unpaired) electrons. The van der Waals surface area contributed by atoms with Gasteiger partial charge in [-0.3, -0.25) is 9.59 Å². The summed E-state index contributed by atoms with van der Waals surface area (Å²) in [5.41, 5.74) is 5.35. The van der Waals surface area contributed by atoms with Gasteiger partial charge in [0.2, 0.25) is 5.91 Å². The van der Waals surface area contributed by atoms with E-state index in [1.165, 1.54) is 7.11 Å². The zero-order valence-corrected chi connectivity index (χ0v) is 11.8. The van der Waals surface area contributed by atoms with Gasteiger partial charge in [-0.1, -0.05) is 6.42 Å². The Morgan fingerprint density at radius 1 is 1.56 bits per heavy atom. The number of hydrogen-bond donors (Lipinski definition) is 2. The van der Waals surface area contributed by atoms with Crippen molar-refractivity contribution in [2.75, 3.05) is 25.7 Å². The van der Waals surface area contributed by atoms with Crippen molar-refractivity contribution < 1.29 is 14.3 Å². The highest BCUT2D eigenvalue weighted by atomic mass is 32.2.